The van der Waals surface area contributed by atoms with Gasteiger partial charge in [-0.25, -0.2) is 14.4 Å². The van der Waals surface area contributed by atoms with Gasteiger partial charge in [0.15, 0.2) is 11.4 Å². The highest BCUT2D eigenvalue weighted by Crippen LogP contribution is 2.52. The second-order valence-electron chi connectivity index (χ2n) is 11.2. The minimum absolute atomic E-state index is 0.0131. The molecule has 3 fully saturated rings. The number of halogens is 4. The largest absolute Gasteiger partial charge is 0.488 e. The quantitative estimate of drug-likeness (QED) is 0.366. The zero-order chi connectivity index (χ0) is 29.5. The molecule has 0 radical (unpaired) electrons. The molecule has 1 aliphatic carbocycles. The molecule has 12 heteroatoms. The van der Waals surface area contributed by atoms with Gasteiger partial charge in [-0.2, -0.15) is 13.2 Å². The molecule has 0 unspecified atom stereocenters. The Morgan fingerprint density at radius 1 is 1.19 bits per heavy atom. The second-order valence-corrected chi connectivity index (χ2v) is 11.2. The maximum atomic E-state index is 13.5. The van der Waals surface area contributed by atoms with Crippen LogP contribution < -0.4 is 25.0 Å². The van der Waals surface area contributed by atoms with Crippen molar-refractivity contribution in [1.82, 2.24) is 20.6 Å². The van der Waals surface area contributed by atoms with Crippen LogP contribution in [-0.2, 0) is 6.18 Å². The van der Waals surface area contributed by atoms with Crippen LogP contribution in [-0.4, -0.2) is 60.8 Å². The maximum absolute atomic E-state index is 13.5. The van der Waals surface area contributed by atoms with Gasteiger partial charge >= 0.3 is 6.18 Å². The predicted octanol–water partition coefficient (Wildman–Crippen LogP) is 4.84. The van der Waals surface area contributed by atoms with Crippen LogP contribution in [0, 0.1) is 11.2 Å². The Balaban J connectivity index is 1.17. The minimum Gasteiger partial charge on any atom is -0.488 e. The molecule has 1 atom stereocenters. The van der Waals surface area contributed by atoms with Gasteiger partial charge in [0, 0.05) is 43.0 Å². The van der Waals surface area contributed by atoms with Gasteiger partial charge in [0.1, 0.15) is 11.9 Å². The third-order valence-electron chi connectivity index (χ3n) is 8.07. The first-order chi connectivity index (χ1) is 20.1. The molecule has 1 amide bonds. The maximum Gasteiger partial charge on any atom is 0.418 e. The summed E-state index contributed by atoms with van der Waals surface area (Å²) in [5.41, 5.74) is 0.162. The summed E-state index contributed by atoms with van der Waals surface area (Å²) in [4.78, 5) is 24.0. The zero-order valence-corrected chi connectivity index (χ0v) is 23.0. The molecule has 3 aliphatic rings. The van der Waals surface area contributed by atoms with Gasteiger partial charge in [-0.1, -0.05) is 0 Å². The van der Waals surface area contributed by atoms with Crippen LogP contribution in [0.15, 0.2) is 48.7 Å². The fraction of sp³-hybridized carbons (Fsp3) is 0.433. The molecule has 1 aromatic carbocycles. The molecule has 2 N–H and O–H groups in total. The van der Waals surface area contributed by atoms with Crippen molar-refractivity contribution < 1.29 is 31.8 Å². The summed E-state index contributed by atoms with van der Waals surface area (Å²) < 4.78 is 66.0. The number of anilines is 1. The number of carbonyl (C=O) groups is 1. The first-order valence-corrected chi connectivity index (χ1v) is 14.0. The summed E-state index contributed by atoms with van der Waals surface area (Å²) in [5, 5.41) is 6.26. The third kappa shape index (κ3) is 5.59. The number of nitrogens with one attached hydrogen (secondary N) is 2. The monoisotopic (exact) mass is 585 g/mol. The summed E-state index contributed by atoms with van der Waals surface area (Å²) in [6, 6.07) is 9.84. The van der Waals surface area contributed by atoms with E-state index < -0.39 is 17.6 Å². The number of pyridine rings is 2. The Bertz CT molecular complexity index is 1460. The van der Waals surface area contributed by atoms with Gasteiger partial charge in [-0.15, -0.1) is 0 Å². The van der Waals surface area contributed by atoms with Crippen molar-refractivity contribution in [2.24, 2.45) is 5.41 Å². The first kappa shape index (κ1) is 28.2. The van der Waals surface area contributed by atoms with Gasteiger partial charge < -0.3 is 25.0 Å². The fourth-order valence-electron chi connectivity index (χ4n) is 6.10. The standard InChI is InChI=1S/C30H31F4N5O3/c1-2-41-28-21(4-3-10-36-28)23-6-8-25(26(38-23)27(40)37-19-9-11-35-15-19)42-20-13-29(14-20)16-39(17-29)24-7-5-18(31)12-22(24)30(32,33)34/h3-8,10,12,19-20,35H,2,9,11,13-17H2,1H3,(H,37,40)/t19-/m1/s1. The van der Waals surface area contributed by atoms with E-state index in [4.69, 9.17) is 9.47 Å². The fourth-order valence-corrected chi connectivity index (χ4v) is 6.10. The lowest BCUT2D eigenvalue weighted by molar-refractivity contribution is -0.137. The molecule has 2 aliphatic heterocycles. The van der Waals surface area contributed by atoms with Crippen LogP contribution in [0.4, 0.5) is 23.2 Å². The Morgan fingerprint density at radius 2 is 2.00 bits per heavy atom. The van der Waals surface area contributed by atoms with E-state index >= 15 is 0 Å². The number of nitrogens with zero attached hydrogens (tertiary/aromatic N) is 3. The molecule has 0 bridgehead atoms. The number of alkyl halides is 3. The number of rotatable bonds is 8. The molecule has 2 saturated heterocycles. The van der Waals surface area contributed by atoms with Crippen LogP contribution in [0.3, 0.4) is 0 Å². The van der Waals surface area contributed by atoms with E-state index in [1.807, 2.05) is 13.0 Å². The van der Waals surface area contributed by atoms with Gasteiger partial charge in [-0.3, -0.25) is 4.79 Å². The van der Waals surface area contributed by atoms with E-state index in [-0.39, 0.29) is 34.8 Å². The first-order valence-electron chi connectivity index (χ1n) is 14.0. The Kier molecular flexibility index (Phi) is 7.42. The number of amides is 1. The summed E-state index contributed by atoms with van der Waals surface area (Å²) >= 11 is 0. The van der Waals surface area contributed by atoms with E-state index in [9.17, 15) is 22.4 Å². The molecule has 42 heavy (non-hydrogen) atoms. The topological polar surface area (TPSA) is 88.6 Å². The number of ether oxygens (including phenoxy) is 2. The smallest absolute Gasteiger partial charge is 0.418 e. The van der Waals surface area contributed by atoms with E-state index in [1.54, 1.807) is 29.3 Å². The van der Waals surface area contributed by atoms with Gasteiger partial charge in [0.25, 0.3) is 5.91 Å². The highest BCUT2D eigenvalue weighted by atomic mass is 19.4. The highest BCUT2D eigenvalue weighted by Gasteiger charge is 2.54. The van der Waals surface area contributed by atoms with E-state index in [2.05, 4.69) is 20.6 Å². The molecule has 222 valence electrons. The van der Waals surface area contributed by atoms with Crippen LogP contribution in [0.2, 0.25) is 0 Å². The van der Waals surface area contributed by atoms with E-state index in [0.717, 1.165) is 19.0 Å². The Morgan fingerprint density at radius 3 is 2.71 bits per heavy atom. The van der Waals surface area contributed by atoms with E-state index in [1.165, 1.54) is 6.07 Å². The van der Waals surface area contributed by atoms with Crippen LogP contribution in [0.25, 0.3) is 11.3 Å². The average Bonchev–Trinajstić information content (AvgIpc) is 3.43. The number of aromatic nitrogens is 2. The SMILES string of the molecule is CCOc1ncccc1-c1ccc(OC2CC3(C2)CN(c2ccc(F)cc2C(F)(F)F)C3)c(C(=O)N[C@@H]2CCNC2)n1. The number of hydrogen-bond donors (Lipinski definition) is 2. The molecule has 1 saturated carbocycles. The van der Waals surface area contributed by atoms with Crippen molar-refractivity contribution in [1.29, 1.82) is 0 Å². The summed E-state index contributed by atoms with van der Waals surface area (Å²) in [7, 11) is 0. The average molecular weight is 586 g/mol. The molecular weight excluding hydrogens is 554 g/mol. The van der Waals surface area contributed by atoms with Crippen molar-refractivity contribution in [3.63, 3.8) is 0 Å². The Hall–Kier alpha value is -3.93. The highest BCUT2D eigenvalue weighted by molar-refractivity contribution is 5.96. The van der Waals surface area contributed by atoms with Crippen LogP contribution in [0.5, 0.6) is 11.6 Å². The van der Waals surface area contributed by atoms with Crippen molar-refractivity contribution in [3.05, 3.63) is 65.7 Å². The second kappa shape index (κ2) is 11.0. The normalized spacial score (nSPS) is 19.7. The lowest BCUT2D eigenvalue weighted by Gasteiger charge is -2.59. The molecule has 6 rings (SSSR count). The Labute approximate surface area is 240 Å². The van der Waals surface area contributed by atoms with Gasteiger partial charge in [0.05, 0.1) is 23.4 Å². The molecule has 1 spiro atoms. The molecular formula is C30H31F4N5O3. The molecule has 4 heterocycles. The lowest BCUT2D eigenvalue weighted by Crippen LogP contribution is -2.65. The summed E-state index contributed by atoms with van der Waals surface area (Å²) in [6.07, 6.45) is -1.18. The molecule has 2 aromatic heterocycles. The number of hydrogen-bond acceptors (Lipinski definition) is 7. The summed E-state index contributed by atoms with van der Waals surface area (Å²) in [5.74, 6) is -0.502. The third-order valence-corrected chi connectivity index (χ3v) is 8.07. The van der Waals surface area contributed by atoms with Crippen molar-refractivity contribution in [2.75, 3.05) is 37.7 Å². The van der Waals surface area contributed by atoms with Crippen molar-refractivity contribution >= 4 is 11.6 Å². The molecule has 3 aromatic rings. The summed E-state index contributed by atoms with van der Waals surface area (Å²) in [6.45, 7) is 4.61. The lowest BCUT2D eigenvalue weighted by atomic mass is 9.61. The van der Waals surface area contributed by atoms with Crippen molar-refractivity contribution in [3.8, 4) is 22.9 Å². The van der Waals surface area contributed by atoms with Crippen LogP contribution >= 0.6 is 0 Å². The number of carbonyl (C=O) groups excluding carboxylic acids is 1. The minimum atomic E-state index is -4.64. The van der Waals surface area contributed by atoms with Gasteiger partial charge in [0.2, 0.25) is 5.88 Å². The number of benzene rings is 1. The zero-order valence-electron chi connectivity index (χ0n) is 23.0. The van der Waals surface area contributed by atoms with Crippen LogP contribution in [0.1, 0.15) is 42.2 Å². The molecule has 8 nitrogen and oxygen atoms in total. The van der Waals surface area contributed by atoms with Gasteiger partial charge in [-0.05, 0) is 75.2 Å². The van der Waals surface area contributed by atoms with E-state index in [0.29, 0.717) is 68.0 Å². The predicted molar refractivity (Wildman–Crippen MR) is 147 cm³/mol. The van der Waals surface area contributed by atoms with Crippen molar-refractivity contribution in [2.45, 2.75) is 44.5 Å².